The van der Waals surface area contributed by atoms with E-state index in [-0.39, 0.29) is 18.5 Å². The summed E-state index contributed by atoms with van der Waals surface area (Å²) < 4.78 is 17.8. The molecule has 3 atom stereocenters. The van der Waals surface area contributed by atoms with E-state index in [9.17, 15) is 9.69 Å². The predicted octanol–water partition coefficient (Wildman–Crippen LogP) is 0.295. The van der Waals surface area contributed by atoms with Crippen LogP contribution in [0.3, 0.4) is 0 Å². The van der Waals surface area contributed by atoms with Gasteiger partial charge in [-0.2, -0.15) is 4.98 Å². The van der Waals surface area contributed by atoms with Crippen LogP contribution in [0.4, 0.5) is 5.82 Å². The molecule has 3 rings (SSSR count). The maximum atomic E-state index is 11.9. The number of nitrogens with zero attached hydrogens (tertiary/aromatic N) is 2. The molecule has 0 spiro atoms. The van der Waals surface area contributed by atoms with E-state index in [2.05, 4.69) is 4.98 Å². The van der Waals surface area contributed by atoms with Crippen molar-refractivity contribution in [1.29, 1.82) is 0 Å². The molecular weight excluding hydrogens is 360 g/mol. The van der Waals surface area contributed by atoms with Crippen LogP contribution in [0.25, 0.3) is 0 Å². The van der Waals surface area contributed by atoms with Crippen LogP contribution in [-0.4, -0.2) is 40.2 Å². The molecule has 0 saturated carbocycles. The SMILES string of the molecule is Bc1ccc(OP(O)OCC2CCC(n3ccc(NO)nc3=O)O2)cc1. The van der Waals surface area contributed by atoms with E-state index in [0.29, 0.717) is 18.6 Å². The van der Waals surface area contributed by atoms with Gasteiger partial charge in [-0.25, -0.2) is 4.79 Å². The second-order valence-electron chi connectivity index (χ2n) is 5.84. The average molecular weight is 379 g/mol. The Morgan fingerprint density at radius 2 is 2.12 bits per heavy atom. The highest BCUT2D eigenvalue weighted by molar-refractivity contribution is 7.41. The number of hydrogen-bond donors (Lipinski definition) is 3. The molecule has 11 heteroatoms. The first kappa shape index (κ1) is 18.8. The van der Waals surface area contributed by atoms with Gasteiger partial charge in [0.1, 0.15) is 19.8 Å². The van der Waals surface area contributed by atoms with Gasteiger partial charge in [0.15, 0.2) is 5.82 Å². The molecule has 26 heavy (non-hydrogen) atoms. The van der Waals surface area contributed by atoms with Gasteiger partial charge in [0.05, 0.1) is 12.7 Å². The fraction of sp³-hybridized carbons (Fsp3) is 0.333. The van der Waals surface area contributed by atoms with Gasteiger partial charge in [0, 0.05) is 6.20 Å². The lowest BCUT2D eigenvalue weighted by atomic mass is 9.97. The first-order chi connectivity index (χ1) is 12.5. The average Bonchev–Trinajstić information content (AvgIpc) is 3.10. The van der Waals surface area contributed by atoms with Crippen molar-refractivity contribution in [3.05, 3.63) is 47.0 Å². The highest BCUT2D eigenvalue weighted by Crippen LogP contribution is 2.36. The van der Waals surface area contributed by atoms with Crippen molar-refractivity contribution in [1.82, 2.24) is 9.55 Å². The normalized spacial score (nSPS) is 20.7. The van der Waals surface area contributed by atoms with E-state index in [1.54, 1.807) is 12.1 Å². The van der Waals surface area contributed by atoms with Crippen LogP contribution in [0.15, 0.2) is 41.3 Å². The van der Waals surface area contributed by atoms with E-state index in [4.69, 9.17) is 19.0 Å². The highest BCUT2D eigenvalue weighted by Gasteiger charge is 2.28. The van der Waals surface area contributed by atoms with Gasteiger partial charge in [-0.05, 0) is 31.0 Å². The van der Waals surface area contributed by atoms with Crippen molar-refractivity contribution < 1.29 is 23.9 Å². The Hall–Kier alpha value is -1.97. The van der Waals surface area contributed by atoms with E-state index in [0.717, 1.165) is 5.46 Å². The third-order valence-corrected chi connectivity index (χ3v) is 4.65. The zero-order valence-corrected chi connectivity index (χ0v) is 15.0. The van der Waals surface area contributed by atoms with Crippen LogP contribution in [0, 0.1) is 0 Å². The Balaban J connectivity index is 1.48. The fourth-order valence-electron chi connectivity index (χ4n) is 2.57. The summed E-state index contributed by atoms with van der Waals surface area (Å²) in [6.45, 7) is 0.156. The molecule has 3 unspecified atom stereocenters. The number of nitrogens with one attached hydrogen (secondary N) is 1. The summed E-state index contributed by atoms with van der Waals surface area (Å²) >= 11 is 0. The van der Waals surface area contributed by atoms with Gasteiger partial charge >= 0.3 is 14.3 Å². The van der Waals surface area contributed by atoms with Crippen molar-refractivity contribution in [2.75, 3.05) is 12.1 Å². The van der Waals surface area contributed by atoms with Gasteiger partial charge < -0.3 is 14.2 Å². The smallest absolute Gasteiger partial charge is 0.394 e. The van der Waals surface area contributed by atoms with E-state index >= 15 is 0 Å². The minimum Gasteiger partial charge on any atom is -0.427 e. The Morgan fingerprint density at radius 1 is 1.35 bits per heavy atom. The largest absolute Gasteiger partial charge is 0.427 e. The highest BCUT2D eigenvalue weighted by atomic mass is 31.2. The fourth-order valence-corrected chi connectivity index (χ4v) is 3.22. The van der Waals surface area contributed by atoms with Crippen LogP contribution in [0.1, 0.15) is 19.1 Å². The van der Waals surface area contributed by atoms with E-state index < -0.39 is 20.5 Å². The molecule has 1 fully saturated rings. The van der Waals surface area contributed by atoms with Crippen molar-refractivity contribution in [2.24, 2.45) is 0 Å². The number of hydrogen-bond acceptors (Lipinski definition) is 8. The van der Waals surface area contributed by atoms with Gasteiger partial charge in [0.2, 0.25) is 0 Å². The minimum atomic E-state index is -2.06. The molecule has 138 valence electrons. The van der Waals surface area contributed by atoms with Crippen molar-refractivity contribution in [3.8, 4) is 5.75 Å². The molecule has 1 saturated heterocycles. The quantitative estimate of drug-likeness (QED) is 0.358. The molecule has 0 amide bonds. The molecule has 9 nitrogen and oxygen atoms in total. The molecule has 2 aromatic rings. The number of rotatable bonds is 7. The second-order valence-corrected chi connectivity index (χ2v) is 6.76. The van der Waals surface area contributed by atoms with Crippen molar-refractivity contribution >= 4 is 27.7 Å². The van der Waals surface area contributed by atoms with Crippen LogP contribution >= 0.6 is 8.60 Å². The standard InChI is InChI=1S/C15H19BN3O6P/c16-10-1-3-11(4-2-10)25-26(22)23-9-12-5-6-14(24-12)19-8-7-13(18-21)17-15(19)20/h1-4,7-8,12,14,21-22H,5-6,9,16H2,(H,17,18,20). The molecule has 2 heterocycles. The van der Waals surface area contributed by atoms with Crippen LogP contribution in [0.5, 0.6) is 5.75 Å². The molecule has 0 aliphatic carbocycles. The predicted molar refractivity (Wildman–Crippen MR) is 97.4 cm³/mol. The molecule has 0 bridgehead atoms. The lowest BCUT2D eigenvalue weighted by Crippen LogP contribution is -2.27. The van der Waals surface area contributed by atoms with Gasteiger partial charge in [-0.15, -0.1) is 0 Å². The summed E-state index contributed by atoms with van der Waals surface area (Å²) in [5.74, 6) is 0.605. The lowest BCUT2D eigenvalue weighted by Gasteiger charge is -2.17. The molecule has 1 aliphatic heterocycles. The Labute approximate surface area is 151 Å². The lowest BCUT2D eigenvalue weighted by molar-refractivity contribution is -0.0212. The van der Waals surface area contributed by atoms with E-state index in [1.165, 1.54) is 16.8 Å². The number of ether oxygens (including phenoxy) is 1. The van der Waals surface area contributed by atoms with Crippen molar-refractivity contribution in [2.45, 2.75) is 25.2 Å². The maximum Gasteiger partial charge on any atom is 0.394 e. The molecule has 0 radical (unpaired) electrons. The summed E-state index contributed by atoms with van der Waals surface area (Å²) in [5.41, 5.74) is 2.40. The number of benzene rings is 1. The summed E-state index contributed by atoms with van der Waals surface area (Å²) in [5, 5.41) is 8.76. The van der Waals surface area contributed by atoms with Crippen molar-refractivity contribution in [3.63, 3.8) is 0 Å². The van der Waals surface area contributed by atoms with E-state index in [1.807, 2.05) is 25.5 Å². The minimum absolute atomic E-state index is 0.0725. The van der Waals surface area contributed by atoms with Crippen LogP contribution in [0.2, 0.25) is 0 Å². The topological polar surface area (TPSA) is 115 Å². The third-order valence-electron chi connectivity index (χ3n) is 3.92. The second kappa shape index (κ2) is 8.61. The van der Waals surface area contributed by atoms with Gasteiger partial charge in [-0.3, -0.25) is 19.8 Å². The zero-order chi connectivity index (χ0) is 18.5. The first-order valence-electron chi connectivity index (χ1n) is 8.06. The van der Waals surface area contributed by atoms with Gasteiger partial charge in [-0.1, -0.05) is 17.6 Å². The summed E-state index contributed by atoms with van der Waals surface area (Å²) in [4.78, 5) is 25.5. The first-order valence-corrected chi connectivity index (χ1v) is 9.19. The molecular formula is C15H19BN3O6P. The zero-order valence-electron chi connectivity index (χ0n) is 14.1. The number of aromatic nitrogens is 2. The van der Waals surface area contributed by atoms with Crippen LogP contribution < -0.4 is 21.2 Å². The Bertz CT molecular complexity index is 790. The summed E-state index contributed by atoms with van der Waals surface area (Å²) in [6.07, 6.45) is 2.07. The molecule has 1 aromatic heterocycles. The Morgan fingerprint density at radius 3 is 2.81 bits per heavy atom. The summed E-state index contributed by atoms with van der Waals surface area (Å²) in [6, 6.07) is 8.75. The monoisotopic (exact) mass is 379 g/mol. The van der Waals surface area contributed by atoms with Gasteiger partial charge in [0.25, 0.3) is 0 Å². The number of anilines is 1. The van der Waals surface area contributed by atoms with Crippen LogP contribution in [-0.2, 0) is 9.26 Å². The molecule has 3 N–H and O–H groups in total. The molecule has 1 aromatic carbocycles. The maximum absolute atomic E-state index is 11.9. The summed E-state index contributed by atoms with van der Waals surface area (Å²) in [7, 11) is -0.0980. The Kier molecular flexibility index (Phi) is 6.23. The third kappa shape index (κ3) is 4.81. The molecule has 1 aliphatic rings.